The number of amides is 1. The molecule has 0 saturated heterocycles. The van der Waals surface area contributed by atoms with E-state index < -0.39 is 0 Å². The predicted octanol–water partition coefficient (Wildman–Crippen LogP) is 3.77. The van der Waals surface area contributed by atoms with Gasteiger partial charge in [0, 0.05) is 23.8 Å². The Labute approximate surface area is 136 Å². The zero-order valence-electron chi connectivity index (χ0n) is 12.3. The van der Waals surface area contributed by atoms with Crippen LogP contribution in [0.2, 0.25) is 0 Å². The maximum atomic E-state index is 12.5. The fourth-order valence-electron chi connectivity index (χ4n) is 2.31. The largest absolute Gasteiger partial charge is 0.320 e. The molecule has 112 valence electrons. The minimum atomic E-state index is -0.241. The van der Waals surface area contributed by atoms with E-state index in [0.29, 0.717) is 16.7 Å². The highest BCUT2D eigenvalue weighted by atomic mass is 79.9. The summed E-state index contributed by atoms with van der Waals surface area (Å²) in [5.74, 6) is -0.241. The van der Waals surface area contributed by atoms with Crippen LogP contribution in [0.3, 0.4) is 0 Å². The number of para-hydroxylation sites is 1. The highest BCUT2D eigenvalue weighted by Crippen LogP contribution is 2.24. The smallest absolute Gasteiger partial charge is 0.277 e. The van der Waals surface area contributed by atoms with Crippen LogP contribution < -0.4 is 5.32 Å². The normalized spacial score (nSPS) is 10.9. The van der Waals surface area contributed by atoms with Gasteiger partial charge in [0.25, 0.3) is 5.91 Å². The first-order valence-corrected chi connectivity index (χ1v) is 7.78. The number of carbonyl (C=O) groups is 1. The summed E-state index contributed by atoms with van der Waals surface area (Å²) in [4.78, 5) is 17.0. The molecule has 0 bridgehead atoms. The Morgan fingerprint density at radius 3 is 2.86 bits per heavy atom. The number of anilines is 1. The third-order valence-electron chi connectivity index (χ3n) is 3.35. The van der Waals surface area contributed by atoms with Crippen molar-refractivity contribution in [3.63, 3.8) is 0 Å². The van der Waals surface area contributed by atoms with Crippen molar-refractivity contribution >= 4 is 38.4 Å². The van der Waals surface area contributed by atoms with Crippen molar-refractivity contribution in [3.8, 4) is 0 Å². The zero-order chi connectivity index (χ0) is 15.7. The predicted molar refractivity (Wildman–Crippen MR) is 90.0 cm³/mol. The van der Waals surface area contributed by atoms with E-state index in [2.05, 4.69) is 31.3 Å². The highest BCUT2D eigenvalue weighted by molar-refractivity contribution is 9.10. The van der Waals surface area contributed by atoms with Gasteiger partial charge in [-0.3, -0.25) is 14.5 Å². The summed E-state index contributed by atoms with van der Waals surface area (Å²) in [6.45, 7) is 4.59. The van der Waals surface area contributed by atoms with Gasteiger partial charge in [0.15, 0.2) is 5.69 Å². The molecule has 0 unspecified atom stereocenters. The molecular formula is C16H15BrN4O. The maximum absolute atomic E-state index is 12.5. The van der Waals surface area contributed by atoms with Crippen molar-refractivity contribution in [2.45, 2.75) is 20.4 Å². The third kappa shape index (κ3) is 2.74. The lowest BCUT2D eigenvalue weighted by Gasteiger charge is -2.09. The molecule has 1 amide bonds. The standard InChI is InChI=1S/C16H15BrN4O/c1-3-21-9-12(17)15(20-21)16(22)19-14-8-10(2)18-13-7-5-4-6-11(13)14/h4-9H,3H2,1-2H3,(H,18,19,22). The number of hydrogen-bond donors (Lipinski definition) is 1. The molecular weight excluding hydrogens is 344 g/mol. The summed E-state index contributed by atoms with van der Waals surface area (Å²) in [6, 6.07) is 9.60. The summed E-state index contributed by atoms with van der Waals surface area (Å²) in [6.07, 6.45) is 1.80. The Kier molecular flexibility index (Phi) is 3.94. The van der Waals surface area contributed by atoms with E-state index in [1.54, 1.807) is 10.9 Å². The maximum Gasteiger partial charge on any atom is 0.277 e. The van der Waals surface area contributed by atoms with E-state index in [4.69, 9.17) is 0 Å². The molecule has 0 aliphatic heterocycles. The molecule has 0 spiro atoms. The Balaban J connectivity index is 1.99. The number of nitrogens with zero attached hydrogens (tertiary/aromatic N) is 3. The van der Waals surface area contributed by atoms with E-state index in [1.165, 1.54) is 0 Å². The monoisotopic (exact) mass is 358 g/mol. The van der Waals surface area contributed by atoms with E-state index >= 15 is 0 Å². The third-order valence-corrected chi connectivity index (χ3v) is 3.93. The Hall–Kier alpha value is -2.21. The zero-order valence-corrected chi connectivity index (χ0v) is 13.9. The average Bonchev–Trinajstić information content (AvgIpc) is 2.88. The Morgan fingerprint density at radius 2 is 2.14 bits per heavy atom. The van der Waals surface area contributed by atoms with Crippen LogP contribution in [0.25, 0.3) is 10.9 Å². The second-order valence-corrected chi connectivity index (χ2v) is 5.82. The van der Waals surface area contributed by atoms with E-state index in [1.807, 2.05) is 44.2 Å². The van der Waals surface area contributed by atoms with Gasteiger partial charge in [-0.15, -0.1) is 0 Å². The molecule has 5 nitrogen and oxygen atoms in total. The van der Waals surface area contributed by atoms with Crippen molar-refractivity contribution in [1.82, 2.24) is 14.8 Å². The van der Waals surface area contributed by atoms with Gasteiger partial charge in [-0.1, -0.05) is 18.2 Å². The molecule has 0 fully saturated rings. The Bertz CT molecular complexity index is 856. The molecule has 0 radical (unpaired) electrons. The first kappa shape index (κ1) is 14.7. The van der Waals surface area contributed by atoms with Gasteiger partial charge in [-0.2, -0.15) is 5.10 Å². The number of pyridine rings is 1. The van der Waals surface area contributed by atoms with Gasteiger partial charge < -0.3 is 5.32 Å². The summed E-state index contributed by atoms with van der Waals surface area (Å²) in [7, 11) is 0. The second-order valence-electron chi connectivity index (χ2n) is 4.96. The summed E-state index contributed by atoms with van der Waals surface area (Å²) in [5, 5.41) is 8.11. The van der Waals surface area contributed by atoms with Gasteiger partial charge in [-0.05, 0) is 41.9 Å². The fourth-order valence-corrected chi connectivity index (χ4v) is 2.80. The second kappa shape index (κ2) is 5.88. The van der Waals surface area contributed by atoms with Crippen molar-refractivity contribution in [1.29, 1.82) is 0 Å². The number of rotatable bonds is 3. The number of benzene rings is 1. The van der Waals surface area contributed by atoms with Crippen molar-refractivity contribution in [2.24, 2.45) is 0 Å². The molecule has 0 saturated carbocycles. The molecule has 6 heteroatoms. The quantitative estimate of drug-likeness (QED) is 0.774. The minimum absolute atomic E-state index is 0.241. The van der Waals surface area contributed by atoms with Crippen LogP contribution in [0.4, 0.5) is 5.69 Å². The van der Waals surface area contributed by atoms with Crippen molar-refractivity contribution in [3.05, 3.63) is 52.4 Å². The molecule has 1 aromatic carbocycles. The van der Waals surface area contributed by atoms with Crippen LogP contribution in [0, 0.1) is 6.92 Å². The fraction of sp³-hybridized carbons (Fsp3) is 0.188. The molecule has 2 aromatic heterocycles. The van der Waals surface area contributed by atoms with Crippen LogP contribution in [0.5, 0.6) is 0 Å². The van der Waals surface area contributed by atoms with E-state index in [9.17, 15) is 4.79 Å². The van der Waals surface area contributed by atoms with Crippen LogP contribution in [-0.4, -0.2) is 20.7 Å². The summed E-state index contributed by atoms with van der Waals surface area (Å²) in [5.41, 5.74) is 2.83. The molecule has 1 N–H and O–H groups in total. The highest BCUT2D eigenvalue weighted by Gasteiger charge is 2.16. The first-order valence-electron chi connectivity index (χ1n) is 6.99. The SMILES string of the molecule is CCn1cc(Br)c(C(=O)Nc2cc(C)nc3ccccc23)n1. The molecule has 3 aromatic rings. The van der Waals surface area contributed by atoms with Gasteiger partial charge in [0.1, 0.15) is 0 Å². The first-order chi connectivity index (χ1) is 10.6. The number of hydrogen-bond acceptors (Lipinski definition) is 3. The van der Waals surface area contributed by atoms with Crippen LogP contribution in [0.15, 0.2) is 41.0 Å². The number of nitrogens with one attached hydrogen (secondary N) is 1. The molecule has 0 aliphatic carbocycles. The average molecular weight is 359 g/mol. The van der Waals surface area contributed by atoms with Crippen LogP contribution >= 0.6 is 15.9 Å². The van der Waals surface area contributed by atoms with Crippen LogP contribution in [-0.2, 0) is 6.54 Å². The molecule has 2 heterocycles. The van der Waals surface area contributed by atoms with Crippen molar-refractivity contribution < 1.29 is 4.79 Å². The van der Waals surface area contributed by atoms with E-state index in [0.717, 1.165) is 22.3 Å². The topological polar surface area (TPSA) is 59.8 Å². The number of carbonyl (C=O) groups excluding carboxylic acids is 1. The number of aromatic nitrogens is 3. The number of fused-ring (bicyclic) bond motifs is 1. The van der Waals surface area contributed by atoms with Gasteiger partial charge >= 0.3 is 0 Å². The molecule has 0 atom stereocenters. The van der Waals surface area contributed by atoms with Gasteiger partial charge in [-0.25, -0.2) is 0 Å². The minimum Gasteiger partial charge on any atom is -0.320 e. The summed E-state index contributed by atoms with van der Waals surface area (Å²) >= 11 is 3.38. The number of halogens is 1. The molecule has 0 aliphatic rings. The molecule has 22 heavy (non-hydrogen) atoms. The lowest BCUT2D eigenvalue weighted by atomic mass is 10.1. The Morgan fingerprint density at radius 1 is 1.36 bits per heavy atom. The lowest BCUT2D eigenvalue weighted by molar-refractivity contribution is 0.102. The molecule has 3 rings (SSSR count). The van der Waals surface area contributed by atoms with Gasteiger partial charge in [0.2, 0.25) is 0 Å². The lowest BCUT2D eigenvalue weighted by Crippen LogP contribution is -2.14. The van der Waals surface area contributed by atoms with Gasteiger partial charge in [0.05, 0.1) is 15.7 Å². The summed E-state index contributed by atoms with van der Waals surface area (Å²) < 4.78 is 2.40. The van der Waals surface area contributed by atoms with E-state index in [-0.39, 0.29) is 5.91 Å². The van der Waals surface area contributed by atoms with Crippen LogP contribution in [0.1, 0.15) is 23.1 Å². The number of aryl methyl sites for hydroxylation is 2. The van der Waals surface area contributed by atoms with Crippen molar-refractivity contribution in [2.75, 3.05) is 5.32 Å².